The SMILES string of the molecule is CCCCCCCCCCCCCOCCOCCOCCOCCOCCOCCOCCOCCOCCOCCOCCOCCOCCC(=O)OC. The lowest BCUT2D eigenvalue weighted by atomic mass is 10.1. The van der Waals surface area contributed by atoms with Crippen LogP contribution in [0, 0.1) is 0 Å². The molecule has 0 aliphatic heterocycles. The van der Waals surface area contributed by atoms with Gasteiger partial charge in [0.1, 0.15) is 0 Å². The first-order valence-electron chi connectivity index (χ1n) is 21.4. The van der Waals surface area contributed by atoms with E-state index in [1.54, 1.807) is 0 Å². The highest BCUT2D eigenvalue weighted by Crippen LogP contribution is 2.11. The third-order valence-electron chi connectivity index (χ3n) is 8.03. The molecule has 336 valence electrons. The maximum atomic E-state index is 10.9. The standard InChI is InChI=1S/C41H82O15/c1-3-4-5-6-7-8-9-10-11-12-13-15-44-17-19-46-21-23-48-25-27-50-29-31-52-33-35-54-37-39-56-40-38-55-36-34-53-32-30-51-28-26-49-24-22-47-20-18-45-16-14-41(42)43-2/h3-40H2,1-2H3. The topological polar surface area (TPSA) is 146 Å². The molecule has 0 bridgehead atoms. The summed E-state index contributed by atoms with van der Waals surface area (Å²) in [5.41, 5.74) is 0. The lowest BCUT2D eigenvalue weighted by molar-refractivity contribution is -0.141. The second-order valence-corrected chi connectivity index (χ2v) is 12.8. The van der Waals surface area contributed by atoms with Gasteiger partial charge in [-0.05, 0) is 6.42 Å². The molecule has 0 heterocycles. The fourth-order valence-corrected chi connectivity index (χ4v) is 4.87. The maximum absolute atomic E-state index is 10.9. The van der Waals surface area contributed by atoms with Gasteiger partial charge in [-0.2, -0.15) is 0 Å². The molecular formula is C41H82O15. The van der Waals surface area contributed by atoms with E-state index < -0.39 is 0 Å². The van der Waals surface area contributed by atoms with E-state index in [-0.39, 0.29) is 12.4 Å². The lowest BCUT2D eigenvalue weighted by Crippen LogP contribution is -2.15. The zero-order valence-corrected chi connectivity index (χ0v) is 35.5. The zero-order chi connectivity index (χ0) is 40.3. The van der Waals surface area contributed by atoms with Gasteiger partial charge in [-0.15, -0.1) is 0 Å². The Morgan fingerprint density at radius 1 is 0.268 bits per heavy atom. The van der Waals surface area contributed by atoms with Crippen LogP contribution in [0.2, 0.25) is 0 Å². The number of carbonyl (C=O) groups is 1. The predicted octanol–water partition coefficient (Wildman–Crippen LogP) is 5.08. The first kappa shape index (κ1) is 55.0. The van der Waals surface area contributed by atoms with Gasteiger partial charge < -0.3 is 66.3 Å². The van der Waals surface area contributed by atoms with Crippen LogP contribution in [-0.4, -0.2) is 185 Å². The summed E-state index contributed by atoms with van der Waals surface area (Å²) in [5.74, 6) is -0.285. The Morgan fingerprint density at radius 2 is 0.464 bits per heavy atom. The highest BCUT2D eigenvalue weighted by Gasteiger charge is 2.00. The van der Waals surface area contributed by atoms with Crippen LogP contribution in [0.4, 0.5) is 0 Å². The molecule has 0 aromatic carbocycles. The van der Waals surface area contributed by atoms with Crippen molar-refractivity contribution in [3.63, 3.8) is 0 Å². The summed E-state index contributed by atoms with van der Waals surface area (Å²) in [7, 11) is 1.35. The molecule has 0 unspecified atom stereocenters. The summed E-state index contributed by atoms with van der Waals surface area (Å²) in [6.45, 7) is 15.7. The molecule has 0 N–H and O–H groups in total. The Balaban J connectivity index is 3.06. The van der Waals surface area contributed by atoms with E-state index in [1.807, 2.05) is 0 Å². The Kier molecular flexibility index (Phi) is 51.0. The number of methoxy groups -OCH3 is 1. The molecule has 0 radical (unpaired) electrons. The van der Waals surface area contributed by atoms with E-state index in [0.717, 1.165) is 13.0 Å². The number of esters is 1. The monoisotopic (exact) mass is 815 g/mol. The smallest absolute Gasteiger partial charge is 0.307 e. The molecule has 15 nitrogen and oxygen atoms in total. The van der Waals surface area contributed by atoms with Crippen molar-refractivity contribution in [2.75, 3.05) is 179 Å². The van der Waals surface area contributed by atoms with E-state index in [0.29, 0.717) is 165 Å². The molecule has 0 atom stereocenters. The number of carbonyl (C=O) groups excluding carboxylic acids is 1. The van der Waals surface area contributed by atoms with Crippen LogP contribution < -0.4 is 0 Å². The molecule has 0 aliphatic rings. The first-order chi connectivity index (χ1) is 27.8. The van der Waals surface area contributed by atoms with E-state index >= 15 is 0 Å². The Labute approximate surface area is 339 Å². The summed E-state index contributed by atoms with van der Waals surface area (Å²) in [4.78, 5) is 10.9. The summed E-state index contributed by atoms with van der Waals surface area (Å²) in [6, 6.07) is 0. The molecule has 0 saturated heterocycles. The third-order valence-corrected chi connectivity index (χ3v) is 8.03. The van der Waals surface area contributed by atoms with Gasteiger partial charge >= 0.3 is 5.97 Å². The fourth-order valence-electron chi connectivity index (χ4n) is 4.87. The summed E-state index contributed by atoms with van der Waals surface area (Å²) in [5, 5.41) is 0. The summed E-state index contributed by atoms with van der Waals surface area (Å²) in [6.07, 6.45) is 15.1. The van der Waals surface area contributed by atoms with Crippen LogP contribution in [0.25, 0.3) is 0 Å². The van der Waals surface area contributed by atoms with Gasteiger partial charge in [0, 0.05) is 6.61 Å². The van der Waals surface area contributed by atoms with Crippen LogP contribution in [0.5, 0.6) is 0 Å². The van der Waals surface area contributed by atoms with Gasteiger partial charge in [-0.1, -0.05) is 71.1 Å². The van der Waals surface area contributed by atoms with Gasteiger partial charge in [-0.25, -0.2) is 0 Å². The number of rotatable bonds is 51. The predicted molar refractivity (Wildman–Crippen MR) is 214 cm³/mol. The average molecular weight is 815 g/mol. The molecule has 0 aromatic rings. The van der Waals surface area contributed by atoms with Gasteiger partial charge in [0.25, 0.3) is 0 Å². The van der Waals surface area contributed by atoms with Crippen molar-refractivity contribution < 1.29 is 71.1 Å². The van der Waals surface area contributed by atoms with E-state index in [1.165, 1.54) is 71.3 Å². The summed E-state index contributed by atoms with van der Waals surface area (Å²) < 4.78 is 75.9. The van der Waals surface area contributed by atoms with E-state index in [9.17, 15) is 4.79 Å². The fraction of sp³-hybridized carbons (Fsp3) is 0.976. The van der Waals surface area contributed by atoms with Crippen LogP contribution >= 0.6 is 0 Å². The van der Waals surface area contributed by atoms with Gasteiger partial charge in [0.05, 0.1) is 179 Å². The molecule has 0 saturated carbocycles. The molecule has 0 rings (SSSR count). The minimum absolute atomic E-state index is 0.244. The second kappa shape index (κ2) is 52.0. The van der Waals surface area contributed by atoms with Crippen LogP contribution in [0.3, 0.4) is 0 Å². The van der Waals surface area contributed by atoms with Gasteiger partial charge in [-0.3, -0.25) is 4.79 Å². The number of hydrogen-bond acceptors (Lipinski definition) is 15. The van der Waals surface area contributed by atoms with Crippen LogP contribution in [0.1, 0.15) is 84.0 Å². The average Bonchev–Trinajstić information content (AvgIpc) is 3.21. The quantitative estimate of drug-likeness (QED) is 0.0594. The van der Waals surface area contributed by atoms with Gasteiger partial charge in [0.2, 0.25) is 0 Å². The first-order valence-corrected chi connectivity index (χ1v) is 21.4. The molecule has 0 spiro atoms. The van der Waals surface area contributed by atoms with Crippen molar-refractivity contribution in [2.45, 2.75) is 84.0 Å². The van der Waals surface area contributed by atoms with Crippen molar-refractivity contribution in [1.82, 2.24) is 0 Å². The zero-order valence-electron chi connectivity index (χ0n) is 35.5. The minimum Gasteiger partial charge on any atom is -0.469 e. The molecule has 56 heavy (non-hydrogen) atoms. The largest absolute Gasteiger partial charge is 0.469 e. The molecule has 0 fully saturated rings. The van der Waals surface area contributed by atoms with Crippen molar-refractivity contribution in [1.29, 1.82) is 0 Å². The maximum Gasteiger partial charge on any atom is 0.307 e. The Morgan fingerprint density at radius 3 is 0.696 bits per heavy atom. The minimum atomic E-state index is -0.285. The normalized spacial score (nSPS) is 11.5. The molecule has 15 heteroatoms. The van der Waals surface area contributed by atoms with E-state index in [2.05, 4.69) is 11.7 Å². The highest BCUT2D eigenvalue weighted by molar-refractivity contribution is 5.69. The van der Waals surface area contributed by atoms with Crippen molar-refractivity contribution in [3.05, 3.63) is 0 Å². The summed E-state index contributed by atoms with van der Waals surface area (Å²) >= 11 is 0. The molecule has 0 amide bonds. The molecular weight excluding hydrogens is 732 g/mol. The molecule has 0 aromatic heterocycles. The van der Waals surface area contributed by atoms with Crippen LogP contribution in [-0.2, 0) is 71.1 Å². The Bertz CT molecular complexity index is 722. The lowest BCUT2D eigenvalue weighted by Gasteiger charge is -2.09. The Hall–Kier alpha value is -1.05. The number of ether oxygens (including phenoxy) is 14. The second-order valence-electron chi connectivity index (χ2n) is 12.8. The van der Waals surface area contributed by atoms with Crippen molar-refractivity contribution in [3.8, 4) is 0 Å². The molecule has 0 aliphatic carbocycles. The number of hydrogen-bond donors (Lipinski definition) is 0. The van der Waals surface area contributed by atoms with E-state index in [4.69, 9.17) is 61.6 Å². The third kappa shape index (κ3) is 51.0. The van der Waals surface area contributed by atoms with Crippen molar-refractivity contribution in [2.24, 2.45) is 0 Å². The van der Waals surface area contributed by atoms with Crippen molar-refractivity contribution >= 4 is 5.97 Å². The highest BCUT2D eigenvalue weighted by atomic mass is 16.6. The number of unbranched alkanes of at least 4 members (excludes halogenated alkanes) is 10. The van der Waals surface area contributed by atoms with Gasteiger partial charge in [0.15, 0.2) is 0 Å². The van der Waals surface area contributed by atoms with Crippen LogP contribution in [0.15, 0.2) is 0 Å².